The van der Waals surface area contributed by atoms with E-state index in [0.717, 1.165) is 16.7 Å². The summed E-state index contributed by atoms with van der Waals surface area (Å²) in [5.74, 6) is 0.446. The molecule has 0 saturated heterocycles. The van der Waals surface area contributed by atoms with Crippen LogP contribution < -0.4 is 5.73 Å². The van der Waals surface area contributed by atoms with Gasteiger partial charge in [-0.2, -0.15) is 0 Å². The molecule has 0 radical (unpaired) electrons. The molecule has 0 amide bonds. The zero-order valence-corrected chi connectivity index (χ0v) is 11.9. The molecule has 3 nitrogen and oxygen atoms in total. The van der Waals surface area contributed by atoms with E-state index < -0.39 is 0 Å². The second-order valence-corrected chi connectivity index (χ2v) is 5.40. The lowest BCUT2D eigenvalue weighted by atomic mass is 10.3. The first-order valence-electron chi connectivity index (χ1n) is 5.77. The zero-order chi connectivity index (χ0) is 13.4. The highest BCUT2D eigenvalue weighted by molar-refractivity contribution is 7.98. The fourth-order valence-corrected chi connectivity index (χ4v) is 2.77. The Morgan fingerprint density at radius 1 is 1.21 bits per heavy atom. The number of rotatable bonds is 2. The fraction of sp³-hybridized carbons (Fsp3) is 0.0714. The van der Waals surface area contributed by atoms with Crippen LogP contribution in [-0.2, 0) is 0 Å². The summed E-state index contributed by atoms with van der Waals surface area (Å²) in [4.78, 5) is 5.53. The van der Waals surface area contributed by atoms with Crippen LogP contribution in [0.4, 0.5) is 5.95 Å². The zero-order valence-electron chi connectivity index (χ0n) is 10.3. The van der Waals surface area contributed by atoms with Gasteiger partial charge in [0.05, 0.1) is 16.2 Å². The van der Waals surface area contributed by atoms with Crippen LogP contribution >= 0.6 is 23.4 Å². The number of hydrogen-bond acceptors (Lipinski definition) is 3. The predicted molar refractivity (Wildman–Crippen MR) is 82.3 cm³/mol. The fourth-order valence-electron chi connectivity index (χ4n) is 2.10. The summed E-state index contributed by atoms with van der Waals surface area (Å²) in [5.41, 5.74) is 8.68. The molecule has 0 atom stereocenters. The average Bonchev–Trinajstić information content (AvgIpc) is 2.77. The number of thioether (sulfide) groups is 1. The Morgan fingerprint density at radius 2 is 2.00 bits per heavy atom. The first-order chi connectivity index (χ1) is 9.20. The number of hydrogen-bond donors (Lipinski definition) is 1. The van der Waals surface area contributed by atoms with Gasteiger partial charge in [0.2, 0.25) is 5.95 Å². The average molecular weight is 290 g/mol. The monoisotopic (exact) mass is 289 g/mol. The summed E-state index contributed by atoms with van der Waals surface area (Å²) in [6, 6.07) is 13.9. The minimum Gasteiger partial charge on any atom is -0.369 e. The van der Waals surface area contributed by atoms with Crippen LogP contribution in [0.25, 0.3) is 16.7 Å². The van der Waals surface area contributed by atoms with Crippen molar-refractivity contribution < 1.29 is 0 Å². The number of para-hydroxylation sites is 1. The molecule has 0 fully saturated rings. The van der Waals surface area contributed by atoms with Crippen LogP contribution in [0.15, 0.2) is 47.4 Å². The van der Waals surface area contributed by atoms with Gasteiger partial charge in [-0.05, 0) is 36.6 Å². The lowest BCUT2D eigenvalue weighted by Crippen LogP contribution is -2.00. The molecule has 2 aromatic carbocycles. The predicted octanol–water partition coefficient (Wildman–Crippen LogP) is 3.98. The Kier molecular flexibility index (Phi) is 3.12. The number of fused-ring (bicyclic) bond motifs is 1. The summed E-state index contributed by atoms with van der Waals surface area (Å²) in [6.45, 7) is 0. The molecule has 5 heteroatoms. The number of anilines is 1. The summed E-state index contributed by atoms with van der Waals surface area (Å²) >= 11 is 7.85. The molecule has 0 aliphatic rings. The van der Waals surface area contributed by atoms with E-state index in [9.17, 15) is 0 Å². The van der Waals surface area contributed by atoms with E-state index in [1.54, 1.807) is 11.8 Å². The number of nitrogen functional groups attached to an aromatic ring is 1. The van der Waals surface area contributed by atoms with Gasteiger partial charge in [0.1, 0.15) is 5.52 Å². The Morgan fingerprint density at radius 3 is 2.79 bits per heavy atom. The highest BCUT2D eigenvalue weighted by atomic mass is 35.5. The van der Waals surface area contributed by atoms with Crippen molar-refractivity contribution in [2.75, 3.05) is 12.0 Å². The van der Waals surface area contributed by atoms with Gasteiger partial charge in [-0.1, -0.05) is 23.7 Å². The molecule has 0 aliphatic heterocycles. The van der Waals surface area contributed by atoms with Gasteiger partial charge in [-0.3, -0.25) is 4.57 Å². The van der Waals surface area contributed by atoms with Crippen LogP contribution in [0, 0.1) is 0 Å². The molecule has 96 valence electrons. The van der Waals surface area contributed by atoms with Crippen molar-refractivity contribution in [2.45, 2.75) is 4.90 Å². The summed E-state index contributed by atoms with van der Waals surface area (Å²) in [5, 5.41) is 0.615. The number of aromatic nitrogens is 2. The second-order valence-electron chi connectivity index (χ2n) is 4.11. The Balaban J connectivity index is 2.30. The Hall–Kier alpha value is -1.65. The van der Waals surface area contributed by atoms with E-state index in [1.807, 2.05) is 41.2 Å². The normalized spacial score (nSPS) is 11.1. The van der Waals surface area contributed by atoms with Crippen molar-refractivity contribution in [3.05, 3.63) is 47.5 Å². The molecule has 0 aliphatic carbocycles. The summed E-state index contributed by atoms with van der Waals surface area (Å²) in [7, 11) is 0. The van der Waals surface area contributed by atoms with Crippen molar-refractivity contribution in [1.82, 2.24) is 9.55 Å². The van der Waals surface area contributed by atoms with E-state index in [0.29, 0.717) is 11.0 Å². The largest absolute Gasteiger partial charge is 0.369 e. The SMILES string of the molecule is CSc1cccc(-n2c(N)nc3c(Cl)cccc32)c1. The maximum absolute atomic E-state index is 6.15. The van der Waals surface area contributed by atoms with Crippen molar-refractivity contribution in [1.29, 1.82) is 0 Å². The van der Waals surface area contributed by atoms with Gasteiger partial charge < -0.3 is 5.73 Å². The molecule has 19 heavy (non-hydrogen) atoms. The third kappa shape index (κ3) is 2.07. The molecular formula is C14H12ClN3S. The third-order valence-corrected chi connectivity index (χ3v) is 4.00. The molecular weight excluding hydrogens is 278 g/mol. The molecule has 0 bridgehead atoms. The van der Waals surface area contributed by atoms with Gasteiger partial charge >= 0.3 is 0 Å². The first kappa shape index (κ1) is 12.4. The number of imidazole rings is 1. The summed E-state index contributed by atoms with van der Waals surface area (Å²) < 4.78 is 1.92. The third-order valence-electron chi connectivity index (χ3n) is 2.97. The number of halogens is 1. The smallest absolute Gasteiger partial charge is 0.205 e. The highest BCUT2D eigenvalue weighted by Crippen LogP contribution is 2.29. The van der Waals surface area contributed by atoms with Crippen LogP contribution in [0.3, 0.4) is 0 Å². The maximum Gasteiger partial charge on any atom is 0.205 e. The minimum absolute atomic E-state index is 0.446. The van der Waals surface area contributed by atoms with Crippen LogP contribution in [0.2, 0.25) is 5.02 Å². The van der Waals surface area contributed by atoms with E-state index >= 15 is 0 Å². The van der Waals surface area contributed by atoms with Crippen molar-refractivity contribution in [3.63, 3.8) is 0 Å². The Labute approximate surface area is 120 Å². The molecule has 0 unspecified atom stereocenters. The van der Waals surface area contributed by atoms with Gasteiger partial charge in [0.25, 0.3) is 0 Å². The second kappa shape index (κ2) is 4.79. The molecule has 3 aromatic rings. The quantitative estimate of drug-likeness (QED) is 0.726. The molecule has 0 spiro atoms. The molecule has 1 aromatic heterocycles. The lowest BCUT2D eigenvalue weighted by molar-refractivity contribution is 1.10. The topological polar surface area (TPSA) is 43.8 Å². The van der Waals surface area contributed by atoms with E-state index in [1.165, 1.54) is 4.90 Å². The first-order valence-corrected chi connectivity index (χ1v) is 7.38. The van der Waals surface area contributed by atoms with Crippen molar-refractivity contribution in [3.8, 4) is 5.69 Å². The lowest BCUT2D eigenvalue weighted by Gasteiger charge is -2.07. The number of nitrogens with two attached hydrogens (primary N) is 1. The van der Waals surface area contributed by atoms with Gasteiger partial charge in [0.15, 0.2) is 0 Å². The minimum atomic E-state index is 0.446. The number of nitrogens with zero attached hydrogens (tertiary/aromatic N) is 2. The number of benzene rings is 2. The van der Waals surface area contributed by atoms with Gasteiger partial charge in [0, 0.05) is 4.90 Å². The van der Waals surface area contributed by atoms with E-state index in [2.05, 4.69) is 17.1 Å². The maximum atomic E-state index is 6.15. The molecule has 2 N–H and O–H groups in total. The highest BCUT2D eigenvalue weighted by Gasteiger charge is 2.12. The molecule has 1 heterocycles. The van der Waals surface area contributed by atoms with Crippen molar-refractivity contribution >= 4 is 40.3 Å². The van der Waals surface area contributed by atoms with E-state index in [4.69, 9.17) is 17.3 Å². The Bertz CT molecular complexity index is 752. The van der Waals surface area contributed by atoms with Gasteiger partial charge in [-0.15, -0.1) is 11.8 Å². The van der Waals surface area contributed by atoms with Crippen LogP contribution in [-0.4, -0.2) is 15.8 Å². The van der Waals surface area contributed by atoms with Crippen LogP contribution in [0.5, 0.6) is 0 Å². The van der Waals surface area contributed by atoms with Crippen LogP contribution in [0.1, 0.15) is 0 Å². The van der Waals surface area contributed by atoms with Gasteiger partial charge in [-0.25, -0.2) is 4.98 Å². The molecule has 3 rings (SSSR count). The summed E-state index contributed by atoms with van der Waals surface area (Å²) in [6.07, 6.45) is 2.05. The molecule has 0 saturated carbocycles. The van der Waals surface area contributed by atoms with Crippen molar-refractivity contribution in [2.24, 2.45) is 0 Å². The van der Waals surface area contributed by atoms with E-state index in [-0.39, 0.29) is 0 Å². The standard InChI is InChI=1S/C14H12ClN3S/c1-19-10-5-2-4-9(8-10)18-12-7-3-6-11(15)13(12)17-14(18)16/h2-8H,1H3,(H2,16,17).